The molecule has 3 aromatic carbocycles. The molecule has 0 aromatic heterocycles. The van der Waals surface area contributed by atoms with Crippen LogP contribution in [-0.2, 0) is 0 Å². The molecule has 0 saturated heterocycles. The third kappa shape index (κ3) is 4.43. The second-order valence-electron chi connectivity index (χ2n) is 6.84. The van der Waals surface area contributed by atoms with Crippen molar-refractivity contribution in [1.82, 2.24) is 0 Å². The number of carbonyl (C=O) groups excluding carboxylic acids is 2. The molecule has 7 heteroatoms. The molecule has 0 aliphatic carbocycles. The van der Waals surface area contributed by atoms with E-state index in [4.69, 9.17) is 14.2 Å². The van der Waals surface area contributed by atoms with Crippen LogP contribution < -0.4 is 14.2 Å². The van der Waals surface area contributed by atoms with Gasteiger partial charge in [0.1, 0.15) is 17.2 Å². The first kappa shape index (κ1) is 21.3. The van der Waals surface area contributed by atoms with Gasteiger partial charge < -0.3 is 14.2 Å². The van der Waals surface area contributed by atoms with Crippen LogP contribution in [0.4, 0.5) is 0 Å². The molecule has 1 aliphatic rings. The van der Waals surface area contributed by atoms with Gasteiger partial charge in [0.25, 0.3) is 0 Å². The number of methoxy groups -OCH3 is 1. The van der Waals surface area contributed by atoms with E-state index in [1.807, 2.05) is 12.1 Å². The third-order valence-electron chi connectivity index (χ3n) is 4.71. The Morgan fingerprint density at radius 2 is 1.71 bits per heavy atom. The van der Waals surface area contributed by atoms with E-state index in [-0.39, 0.29) is 11.5 Å². The summed E-state index contributed by atoms with van der Waals surface area (Å²) >= 11 is 6.76. The van der Waals surface area contributed by atoms with Crippen LogP contribution in [-0.4, -0.2) is 18.9 Å². The molecule has 31 heavy (non-hydrogen) atoms. The molecule has 1 aliphatic heterocycles. The second kappa shape index (κ2) is 8.69. The summed E-state index contributed by atoms with van der Waals surface area (Å²) < 4.78 is 18.4. The average Bonchev–Trinajstić information content (AvgIpc) is 3.04. The Kier molecular flexibility index (Phi) is 5.98. The van der Waals surface area contributed by atoms with Crippen LogP contribution in [0.2, 0.25) is 0 Å². The van der Waals surface area contributed by atoms with Gasteiger partial charge in [-0.05, 0) is 67.1 Å². The first-order valence-corrected chi connectivity index (χ1v) is 10.8. The first-order chi connectivity index (χ1) is 14.9. The number of hydrogen-bond acceptors (Lipinski definition) is 5. The molecule has 0 radical (unpaired) electrons. The van der Waals surface area contributed by atoms with Gasteiger partial charge in [0.15, 0.2) is 5.76 Å². The molecule has 0 spiro atoms. The number of fused-ring (bicyclic) bond motifs is 1. The van der Waals surface area contributed by atoms with Crippen LogP contribution in [0.15, 0.2) is 69.3 Å². The minimum Gasteiger partial charge on any atom is -0.496 e. The zero-order valence-electron chi connectivity index (χ0n) is 16.6. The molecule has 5 nitrogen and oxygen atoms in total. The van der Waals surface area contributed by atoms with Gasteiger partial charge >= 0.3 is 5.97 Å². The number of esters is 1. The van der Waals surface area contributed by atoms with Crippen molar-refractivity contribution in [2.24, 2.45) is 0 Å². The largest absolute Gasteiger partial charge is 0.496 e. The van der Waals surface area contributed by atoms with Crippen LogP contribution >= 0.6 is 31.9 Å². The molecule has 0 N–H and O–H groups in total. The van der Waals surface area contributed by atoms with E-state index in [0.717, 1.165) is 8.95 Å². The Bertz CT molecular complexity index is 1230. The summed E-state index contributed by atoms with van der Waals surface area (Å²) in [5.41, 5.74) is 2.22. The van der Waals surface area contributed by atoms with E-state index in [1.165, 1.54) is 0 Å². The molecular formula is C24H16Br2O5. The van der Waals surface area contributed by atoms with Crippen molar-refractivity contribution in [3.8, 4) is 17.2 Å². The third-order valence-corrected chi connectivity index (χ3v) is 5.73. The number of Topliss-reactive ketones (excluding diaryl/α,β-unsaturated/α-hetero) is 1. The summed E-state index contributed by atoms with van der Waals surface area (Å²) in [7, 11) is 1.56. The van der Waals surface area contributed by atoms with Crippen molar-refractivity contribution in [2.75, 3.05) is 7.11 Å². The number of ether oxygens (including phenoxy) is 3. The Morgan fingerprint density at radius 1 is 1.00 bits per heavy atom. The van der Waals surface area contributed by atoms with Gasteiger partial charge in [-0.3, -0.25) is 4.79 Å². The molecule has 0 atom stereocenters. The maximum absolute atomic E-state index is 12.9. The lowest BCUT2D eigenvalue weighted by molar-refractivity contribution is 0.0734. The number of hydrogen-bond donors (Lipinski definition) is 0. The van der Waals surface area contributed by atoms with Crippen LogP contribution in [0, 0.1) is 6.92 Å². The van der Waals surface area contributed by atoms with Gasteiger partial charge in [-0.2, -0.15) is 0 Å². The van der Waals surface area contributed by atoms with Crippen LogP contribution in [0.3, 0.4) is 0 Å². The summed E-state index contributed by atoms with van der Waals surface area (Å²) in [6, 6.07) is 15.5. The van der Waals surface area contributed by atoms with E-state index < -0.39 is 5.97 Å². The zero-order valence-corrected chi connectivity index (χ0v) is 19.7. The lowest BCUT2D eigenvalue weighted by Crippen LogP contribution is -2.08. The number of halogens is 2. The lowest BCUT2D eigenvalue weighted by atomic mass is 10.0. The highest BCUT2D eigenvalue weighted by Crippen LogP contribution is 2.38. The smallest absolute Gasteiger partial charge is 0.343 e. The standard InChI is InChI=1S/C24H16Br2O5/c1-13-9-18(30-24(28)14-3-5-16(25)6-4-14)12-20-22(13)23(27)21(31-20)11-15-10-17(26)7-8-19(15)29-2/h3-12H,1-2H3/b21-11-. The van der Waals surface area contributed by atoms with Gasteiger partial charge in [-0.15, -0.1) is 0 Å². The zero-order chi connectivity index (χ0) is 22.1. The van der Waals surface area contributed by atoms with Crippen molar-refractivity contribution in [3.63, 3.8) is 0 Å². The summed E-state index contributed by atoms with van der Waals surface area (Å²) in [6.45, 7) is 1.78. The number of rotatable bonds is 4. The Balaban J connectivity index is 1.63. The Hall–Kier alpha value is -2.90. The number of carbonyl (C=O) groups is 2. The minimum absolute atomic E-state index is 0.172. The van der Waals surface area contributed by atoms with Crippen molar-refractivity contribution in [3.05, 3.63) is 91.6 Å². The molecule has 0 saturated carbocycles. The van der Waals surface area contributed by atoms with Crippen LogP contribution in [0.1, 0.15) is 31.8 Å². The molecule has 0 amide bonds. The van der Waals surface area contributed by atoms with Crippen molar-refractivity contribution >= 4 is 49.7 Å². The molecule has 3 aromatic rings. The summed E-state index contributed by atoms with van der Waals surface area (Å²) in [6.07, 6.45) is 1.64. The highest BCUT2D eigenvalue weighted by molar-refractivity contribution is 9.10. The highest BCUT2D eigenvalue weighted by Gasteiger charge is 2.30. The highest BCUT2D eigenvalue weighted by atomic mass is 79.9. The average molecular weight is 544 g/mol. The van der Waals surface area contributed by atoms with E-state index >= 15 is 0 Å². The fraction of sp³-hybridized carbons (Fsp3) is 0.0833. The van der Waals surface area contributed by atoms with Crippen molar-refractivity contribution in [1.29, 1.82) is 0 Å². The van der Waals surface area contributed by atoms with Gasteiger partial charge in [-0.25, -0.2) is 4.79 Å². The monoisotopic (exact) mass is 542 g/mol. The fourth-order valence-corrected chi connectivity index (χ4v) is 3.89. The summed E-state index contributed by atoms with van der Waals surface area (Å²) in [5.74, 6) is 0.711. The van der Waals surface area contributed by atoms with Crippen molar-refractivity contribution in [2.45, 2.75) is 6.92 Å². The van der Waals surface area contributed by atoms with Crippen LogP contribution in [0.25, 0.3) is 6.08 Å². The Labute approximate surface area is 195 Å². The van der Waals surface area contributed by atoms with E-state index in [1.54, 1.807) is 62.6 Å². The molecule has 0 fully saturated rings. The SMILES string of the molecule is COc1ccc(Br)cc1/C=C1\Oc2cc(OC(=O)c3ccc(Br)cc3)cc(C)c2C1=O. The molecule has 1 heterocycles. The molecule has 156 valence electrons. The van der Waals surface area contributed by atoms with E-state index in [0.29, 0.717) is 39.5 Å². The van der Waals surface area contributed by atoms with Crippen molar-refractivity contribution < 1.29 is 23.8 Å². The normalized spacial score (nSPS) is 13.7. The predicted octanol–water partition coefficient (Wildman–Crippen LogP) is 6.36. The Morgan fingerprint density at radius 3 is 2.42 bits per heavy atom. The van der Waals surface area contributed by atoms with Gasteiger partial charge in [0.05, 0.1) is 18.2 Å². The van der Waals surface area contributed by atoms with Gasteiger partial charge in [0.2, 0.25) is 5.78 Å². The maximum atomic E-state index is 12.9. The minimum atomic E-state index is -0.495. The molecular weight excluding hydrogens is 528 g/mol. The van der Waals surface area contributed by atoms with Crippen LogP contribution in [0.5, 0.6) is 17.2 Å². The fourth-order valence-electron chi connectivity index (χ4n) is 3.25. The van der Waals surface area contributed by atoms with E-state index in [9.17, 15) is 9.59 Å². The number of allylic oxidation sites excluding steroid dienone is 1. The number of aryl methyl sites for hydroxylation is 1. The predicted molar refractivity (Wildman–Crippen MR) is 124 cm³/mol. The molecule has 4 rings (SSSR count). The summed E-state index contributed by atoms with van der Waals surface area (Å²) in [4.78, 5) is 25.4. The quantitative estimate of drug-likeness (QED) is 0.217. The molecule has 0 bridgehead atoms. The van der Waals surface area contributed by atoms with Gasteiger partial charge in [-0.1, -0.05) is 31.9 Å². The topological polar surface area (TPSA) is 61.8 Å². The maximum Gasteiger partial charge on any atom is 0.343 e. The van der Waals surface area contributed by atoms with E-state index in [2.05, 4.69) is 31.9 Å². The lowest BCUT2D eigenvalue weighted by Gasteiger charge is -2.08. The first-order valence-electron chi connectivity index (χ1n) is 9.26. The second-order valence-corrected chi connectivity index (χ2v) is 8.67. The molecule has 0 unspecified atom stereocenters. The number of benzene rings is 3. The summed E-state index contributed by atoms with van der Waals surface area (Å²) in [5, 5.41) is 0. The van der Waals surface area contributed by atoms with Gasteiger partial charge in [0, 0.05) is 20.6 Å². The number of ketones is 1.